The molecule has 0 spiro atoms. The van der Waals surface area contributed by atoms with E-state index in [1.54, 1.807) is 34.6 Å². The molecule has 1 aromatic carbocycles. The van der Waals surface area contributed by atoms with Gasteiger partial charge in [0.1, 0.15) is 12.1 Å². The zero-order valence-electron chi connectivity index (χ0n) is 9.43. The highest BCUT2D eigenvalue weighted by atomic mass is 32.2. The third-order valence-electron chi connectivity index (χ3n) is 2.19. The lowest BCUT2D eigenvalue weighted by Crippen LogP contribution is -2.06. The Morgan fingerprint density at radius 1 is 1.41 bits per heavy atom. The van der Waals surface area contributed by atoms with E-state index in [1.807, 2.05) is 7.05 Å². The van der Waals surface area contributed by atoms with Crippen molar-refractivity contribution < 1.29 is 4.39 Å². The van der Waals surface area contributed by atoms with E-state index in [0.29, 0.717) is 12.2 Å². The minimum atomic E-state index is -0.226. The van der Waals surface area contributed by atoms with Crippen molar-refractivity contribution in [1.29, 1.82) is 0 Å². The number of rotatable bonds is 5. The van der Waals surface area contributed by atoms with Crippen molar-refractivity contribution in [2.24, 2.45) is 7.05 Å². The van der Waals surface area contributed by atoms with Gasteiger partial charge in [-0.15, -0.1) is 0 Å². The van der Waals surface area contributed by atoms with Crippen LogP contribution in [0.1, 0.15) is 0 Å². The Kier molecular flexibility index (Phi) is 3.98. The topological polar surface area (TPSA) is 42.7 Å². The van der Waals surface area contributed by atoms with Crippen molar-refractivity contribution in [2.75, 3.05) is 17.6 Å². The molecule has 0 unspecified atom stereocenters. The van der Waals surface area contributed by atoms with Crippen molar-refractivity contribution in [1.82, 2.24) is 14.8 Å². The number of hydrogen-bond donors (Lipinski definition) is 1. The van der Waals surface area contributed by atoms with Gasteiger partial charge in [-0.25, -0.2) is 14.1 Å². The number of halogens is 1. The second kappa shape index (κ2) is 5.67. The van der Waals surface area contributed by atoms with Crippen molar-refractivity contribution >= 4 is 17.4 Å². The van der Waals surface area contributed by atoms with Gasteiger partial charge in [-0.2, -0.15) is 5.10 Å². The third kappa shape index (κ3) is 3.20. The van der Waals surface area contributed by atoms with E-state index in [1.165, 1.54) is 12.4 Å². The minimum absolute atomic E-state index is 0.226. The highest BCUT2D eigenvalue weighted by Crippen LogP contribution is 2.15. The first-order valence-electron chi connectivity index (χ1n) is 5.22. The molecule has 1 aromatic heterocycles. The Morgan fingerprint density at radius 2 is 2.24 bits per heavy atom. The largest absolute Gasteiger partial charge is 0.382 e. The Labute approximate surface area is 103 Å². The molecule has 0 saturated heterocycles. The standard InChI is InChI=1S/C11H13FN4S/c1-16-11(14-8-15-16)17-7-6-13-10-5-3-2-4-9(10)12/h2-5,8,13H,6-7H2,1H3. The van der Waals surface area contributed by atoms with Crippen LogP contribution in [0.25, 0.3) is 0 Å². The Hall–Kier alpha value is -1.56. The van der Waals surface area contributed by atoms with E-state index >= 15 is 0 Å². The molecule has 0 fully saturated rings. The fourth-order valence-corrected chi connectivity index (χ4v) is 2.09. The van der Waals surface area contributed by atoms with Gasteiger partial charge in [0.25, 0.3) is 0 Å². The Bertz CT molecular complexity index is 486. The van der Waals surface area contributed by atoms with Gasteiger partial charge in [-0.3, -0.25) is 0 Å². The second-order valence-corrected chi connectivity index (χ2v) is 4.48. The first kappa shape index (κ1) is 11.9. The van der Waals surface area contributed by atoms with Crippen LogP contribution in [0.4, 0.5) is 10.1 Å². The van der Waals surface area contributed by atoms with Gasteiger partial charge in [-0.1, -0.05) is 23.9 Å². The van der Waals surface area contributed by atoms with Crippen LogP contribution in [0.2, 0.25) is 0 Å². The van der Waals surface area contributed by atoms with Gasteiger partial charge in [0.05, 0.1) is 5.69 Å². The number of benzene rings is 1. The van der Waals surface area contributed by atoms with E-state index in [-0.39, 0.29) is 5.82 Å². The molecule has 1 N–H and O–H groups in total. The van der Waals surface area contributed by atoms with Crippen LogP contribution in [0.3, 0.4) is 0 Å². The maximum absolute atomic E-state index is 13.3. The molecule has 90 valence electrons. The zero-order chi connectivity index (χ0) is 12.1. The summed E-state index contributed by atoms with van der Waals surface area (Å²) in [5.74, 6) is 0.581. The van der Waals surface area contributed by atoms with Crippen molar-refractivity contribution in [2.45, 2.75) is 5.16 Å². The Morgan fingerprint density at radius 3 is 2.94 bits per heavy atom. The summed E-state index contributed by atoms with van der Waals surface area (Å²) in [7, 11) is 1.85. The summed E-state index contributed by atoms with van der Waals surface area (Å²) in [4.78, 5) is 4.09. The number of nitrogens with one attached hydrogen (secondary N) is 1. The first-order valence-corrected chi connectivity index (χ1v) is 6.21. The van der Waals surface area contributed by atoms with Crippen LogP contribution in [0.15, 0.2) is 35.7 Å². The van der Waals surface area contributed by atoms with Gasteiger partial charge < -0.3 is 5.32 Å². The molecule has 0 saturated carbocycles. The number of anilines is 1. The van der Waals surface area contributed by atoms with Gasteiger partial charge in [0.15, 0.2) is 5.16 Å². The fourth-order valence-electron chi connectivity index (χ4n) is 1.35. The smallest absolute Gasteiger partial charge is 0.185 e. The van der Waals surface area contributed by atoms with Gasteiger partial charge in [-0.05, 0) is 12.1 Å². The monoisotopic (exact) mass is 252 g/mol. The molecular formula is C11H13FN4S. The average molecular weight is 252 g/mol. The van der Waals surface area contributed by atoms with Crippen molar-refractivity contribution in [3.63, 3.8) is 0 Å². The van der Waals surface area contributed by atoms with E-state index < -0.39 is 0 Å². The molecule has 0 aliphatic carbocycles. The van der Waals surface area contributed by atoms with Crippen LogP contribution in [0, 0.1) is 5.82 Å². The number of para-hydroxylation sites is 1. The van der Waals surface area contributed by atoms with Gasteiger partial charge in [0, 0.05) is 19.3 Å². The van der Waals surface area contributed by atoms with Crippen LogP contribution in [0.5, 0.6) is 0 Å². The predicted molar refractivity (Wildman–Crippen MR) is 66.6 cm³/mol. The first-order chi connectivity index (χ1) is 8.27. The Balaban J connectivity index is 1.77. The van der Waals surface area contributed by atoms with E-state index in [4.69, 9.17) is 0 Å². The van der Waals surface area contributed by atoms with E-state index in [9.17, 15) is 4.39 Å². The van der Waals surface area contributed by atoms with Gasteiger partial charge in [0.2, 0.25) is 0 Å². The quantitative estimate of drug-likeness (QED) is 0.654. The molecule has 2 rings (SSSR count). The number of aryl methyl sites for hydroxylation is 1. The van der Waals surface area contributed by atoms with Gasteiger partial charge >= 0.3 is 0 Å². The normalized spacial score (nSPS) is 10.5. The number of nitrogens with zero attached hydrogens (tertiary/aromatic N) is 3. The lowest BCUT2D eigenvalue weighted by atomic mass is 10.3. The maximum Gasteiger partial charge on any atom is 0.185 e. The summed E-state index contributed by atoms with van der Waals surface area (Å²) in [6.07, 6.45) is 1.52. The molecule has 0 atom stereocenters. The SMILES string of the molecule is Cn1ncnc1SCCNc1ccccc1F. The summed E-state index contributed by atoms with van der Waals surface area (Å²) < 4.78 is 15.0. The third-order valence-corrected chi connectivity index (χ3v) is 3.23. The van der Waals surface area contributed by atoms with E-state index in [0.717, 1.165) is 10.9 Å². The molecule has 6 heteroatoms. The molecular weight excluding hydrogens is 239 g/mol. The lowest BCUT2D eigenvalue weighted by Gasteiger charge is -2.06. The summed E-state index contributed by atoms with van der Waals surface area (Å²) in [5, 5.41) is 7.87. The van der Waals surface area contributed by atoms with Crippen LogP contribution in [-0.2, 0) is 7.05 Å². The molecule has 2 aromatic rings. The van der Waals surface area contributed by atoms with Crippen molar-refractivity contribution in [3.8, 4) is 0 Å². The molecule has 4 nitrogen and oxygen atoms in total. The molecule has 0 aliphatic rings. The minimum Gasteiger partial charge on any atom is -0.382 e. The molecule has 0 bridgehead atoms. The van der Waals surface area contributed by atoms with Crippen LogP contribution >= 0.6 is 11.8 Å². The number of hydrogen-bond acceptors (Lipinski definition) is 4. The van der Waals surface area contributed by atoms with Crippen LogP contribution < -0.4 is 5.32 Å². The summed E-state index contributed by atoms with van der Waals surface area (Å²) >= 11 is 1.58. The highest BCUT2D eigenvalue weighted by molar-refractivity contribution is 7.99. The number of thioether (sulfide) groups is 1. The molecule has 0 radical (unpaired) electrons. The van der Waals surface area contributed by atoms with E-state index in [2.05, 4.69) is 15.4 Å². The maximum atomic E-state index is 13.3. The number of aromatic nitrogens is 3. The molecule has 0 aliphatic heterocycles. The molecule has 1 heterocycles. The zero-order valence-corrected chi connectivity index (χ0v) is 10.2. The lowest BCUT2D eigenvalue weighted by molar-refractivity contribution is 0.630. The molecule has 17 heavy (non-hydrogen) atoms. The second-order valence-electron chi connectivity index (χ2n) is 3.42. The fraction of sp³-hybridized carbons (Fsp3) is 0.273. The van der Waals surface area contributed by atoms with Crippen LogP contribution in [-0.4, -0.2) is 27.1 Å². The molecule has 0 amide bonds. The summed E-state index contributed by atoms with van der Waals surface area (Å²) in [5.41, 5.74) is 0.533. The predicted octanol–water partition coefficient (Wildman–Crippen LogP) is 2.16. The average Bonchev–Trinajstić information content (AvgIpc) is 2.73. The summed E-state index contributed by atoms with van der Waals surface area (Å²) in [6.45, 7) is 0.679. The highest BCUT2D eigenvalue weighted by Gasteiger charge is 2.02. The van der Waals surface area contributed by atoms with Crippen molar-refractivity contribution in [3.05, 3.63) is 36.4 Å². The summed E-state index contributed by atoms with van der Waals surface area (Å²) in [6, 6.07) is 6.65.